The molecule has 6 heteroatoms. The summed E-state index contributed by atoms with van der Waals surface area (Å²) in [7, 11) is 0. The number of fused-ring (bicyclic) bond motifs is 1. The van der Waals surface area contributed by atoms with Gasteiger partial charge in [0.1, 0.15) is 11.3 Å². The third-order valence-electron chi connectivity index (χ3n) is 4.33. The number of rotatable bonds is 2. The Kier molecular flexibility index (Phi) is 2.85. The molecule has 3 heterocycles. The van der Waals surface area contributed by atoms with Gasteiger partial charge >= 0.3 is 0 Å². The number of imidazole rings is 1. The summed E-state index contributed by atoms with van der Waals surface area (Å²) in [6.45, 7) is 5.96. The zero-order valence-corrected chi connectivity index (χ0v) is 12.8. The van der Waals surface area contributed by atoms with Gasteiger partial charge in [0.2, 0.25) is 5.95 Å². The van der Waals surface area contributed by atoms with Crippen molar-refractivity contribution in [1.29, 1.82) is 0 Å². The molecule has 3 N–H and O–H groups in total. The summed E-state index contributed by atoms with van der Waals surface area (Å²) in [4.78, 5) is 10.3. The minimum Gasteiger partial charge on any atom is -0.397 e. The Morgan fingerprint density at radius 3 is 2.68 bits per heavy atom. The van der Waals surface area contributed by atoms with E-state index >= 15 is 0 Å². The highest BCUT2D eigenvalue weighted by Gasteiger charge is 2.19. The second-order valence-corrected chi connectivity index (χ2v) is 5.92. The van der Waals surface area contributed by atoms with Gasteiger partial charge in [-0.3, -0.25) is 0 Å². The van der Waals surface area contributed by atoms with Gasteiger partial charge in [0.25, 0.3) is 0 Å². The van der Waals surface area contributed by atoms with Gasteiger partial charge in [-0.1, -0.05) is 5.16 Å². The van der Waals surface area contributed by atoms with Crippen LogP contribution in [0.1, 0.15) is 24.3 Å². The van der Waals surface area contributed by atoms with Crippen LogP contribution in [0.15, 0.2) is 16.7 Å². The maximum absolute atomic E-state index is 6.22. The van der Waals surface area contributed by atoms with Gasteiger partial charge < -0.3 is 20.1 Å². The van der Waals surface area contributed by atoms with Crippen LogP contribution >= 0.6 is 0 Å². The molecule has 0 aliphatic carbocycles. The number of hydrogen-bond acceptors (Lipinski definition) is 5. The van der Waals surface area contributed by atoms with Crippen molar-refractivity contribution in [2.24, 2.45) is 0 Å². The topological polar surface area (TPSA) is 84.0 Å². The summed E-state index contributed by atoms with van der Waals surface area (Å²) in [5, 5.41) is 4.02. The predicted molar refractivity (Wildman–Crippen MR) is 86.9 cm³/mol. The van der Waals surface area contributed by atoms with Crippen molar-refractivity contribution in [3.63, 3.8) is 0 Å². The Morgan fingerprint density at radius 1 is 1.23 bits per heavy atom. The summed E-state index contributed by atoms with van der Waals surface area (Å²) in [5.41, 5.74) is 11.6. The van der Waals surface area contributed by atoms with Crippen molar-refractivity contribution in [2.75, 3.05) is 23.7 Å². The fourth-order valence-corrected chi connectivity index (χ4v) is 3.25. The molecular formula is C16H19N5O. The van der Waals surface area contributed by atoms with Gasteiger partial charge in [0.15, 0.2) is 0 Å². The van der Waals surface area contributed by atoms with E-state index in [1.54, 1.807) is 0 Å². The lowest BCUT2D eigenvalue weighted by Crippen LogP contribution is -2.18. The van der Waals surface area contributed by atoms with Gasteiger partial charge in [0, 0.05) is 18.7 Å². The number of nitrogens with one attached hydrogen (secondary N) is 1. The predicted octanol–water partition coefficient (Wildman–Crippen LogP) is 3.02. The highest BCUT2D eigenvalue weighted by atomic mass is 16.5. The van der Waals surface area contributed by atoms with Crippen LogP contribution in [0, 0.1) is 13.8 Å². The molecule has 0 unspecified atom stereocenters. The van der Waals surface area contributed by atoms with Crippen LogP contribution in [-0.4, -0.2) is 28.2 Å². The Balaban J connectivity index is 1.85. The first kappa shape index (κ1) is 13.2. The first-order valence-corrected chi connectivity index (χ1v) is 7.61. The lowest BCUT2D eigenvalue weighted by atomic mass is 10.0. The van der Waals surface area contributed by atoms with Crippen molar-refractivity contribution in [1.82, 2.24) is 15.1 Å². The van der Waals surface area contributed by atoms with Crippen LogP contribution in [0.25, 0.3) is 22.2 Å². The molecule has 0 amide bonds. The van der Waals surface area contributed by atoms with Crippen LogP contribution < -0.4 is 10.6 Å². The van der Waals surface area contributed by atoms with Gasteiger partial charge in [-0.2, -0.15) is 0 Å². The summed E-state index contributed by atoms with van der Waals surface area (Å²) in [5.74, 6) is 1.71. The molecule has 22 heavy (non-hydrogen) atoms. The van der Waals surface area contributed by atoms with E-state index in [1.165, 1.54) is 12.8 Å². The zero-order valence-electron chi connectivity index (χ0n) is 12.8. The molecule has 0 spiro atoms. The largest absolute Gasteiger partial charge is 0.397 e. The Labute approximate surface area is 128 Å². The summed E-state index contributed by atoms with van der Waals surface area (Å²) in [6.07, 6.45) is 2.44. The highest BCUT2D eigenvalue weighted by molar-refractivity contribution is 5.93. The number of benzene rings is 1. The van der Waals surface area contributed by atoms with E-state index in [4.69, 9.17) is 10.3 Å². The smallest absolute Gasteiger partial charge is 0.203 e. The summed E-state index contributed by atoms with van der Waals surface area (Å²) < 4.78 is 5.26. The number of nitrogens with zero attached hydrogens (tertiary/aromatic N) is 3. The molecule has 1 aromatic carbocycles. The molecule has 1 saturated heterocycles. The van der Waals surface area contributed by atoms with Gasteiger partial charge in [-0.05, 0) is 44.4 Å². The molecule has 6 nitrogen and oxygen atoms in total. The molecular weight excluding hydrogens is 278 g/mol. The molecule has 0 atom stereocenters. The van der Waals surface area contributed by atoms with E-state index in [9.17, 15) is 0 Å². The summed E-state index contributed by atoms with van der Waals surface area (Å²) in [6, 6.07) is 4.02. The SMILES string of the molecule is Cc1noc(C)c1-c1cc(N)c2nc(N3CCCC3)[nH]c2c1. The first-order valence-electron chi connectivity index (χ1n) is 7.61. The third-order valence-corrected chi connectivity index (χ3v) is 4.33. The number of nitrogen functional groups attached to an aromatic ring is 1. The Morgan fingerprint density at radius 2 is 2.00 bits per heavy atom. The average Bonchev–Trinajstić information content (AvgIpc) is 3.18. The van der Waals surface area contributed by atoms with Crippen LogP contribution in [0.4, 0.5) is 11.6 Å². The fraction of sp³-hybridized carbons (Fsp3) is 0.375. The number of aromatic amines is 1. The van der Waals surface area contributed by atoms with Crippen molar-refractivity contribution in [3.05, 3.63) is 23.6 Å². The molecule has 3 aromatic rings. The van der Waals surface area contributed by atoms with Gasteiger partial charge in [-0.15, -0.1) is 0 Å². The number of H-pyrrole nitrogens is 1. The van der Waals surface area contributed by atoms with E-state index in [1.807, 2.05) is 19.9 Å². The molecule has 4 rings (SSSR count). The Bertz CT molecular complexity index is 822. The van der Waals surface area contributed by atoms with E-state index < -0.39 is 0 Å². The van der Waals surface area contributed by atoms with E-state index in [2.05, 4.69) is 26.1 Å². The van der Waals surface area contributed by atoms with Crippen molar-refractivity contribution >= 4 is 22.7 Å². The van der Waals surface area contributed by atoms with Gasteiger partial charge in [-0.25, -0.2) is 4.98 Å². The van der Waals surface area contributed by atoms with Crippen molar-refractivity contribution in [2.45, 2.75) is 26.7 Å². The molecule has 1 aliphatic rings. The molecule has 0 saturated carbocycles. The van der Waals surface area contributed by atoms with Crippen LogP contribution in [-0.2, 0) is 0 Å². The van der Waals surface area contributed by atoms with E-state index in [0.29, 0.717) is 5.69 Å². The second kappa shape index (κ2) is 4.76. The van der Waals surface area contributed by atoms with Crippen LogP contribution in [0.3, 0.4) is 0 Å². The minimum absolute atomic E-state index is 0.675. The number of anilines is 2. The highest BCUT2D eigenvalue weighted by Crippen LogP contribution is 2.33. The number of hydrogen-bond donors (Lipinski definition) is 2. The molecule has 1 fully saturated rings. The monoisotopic (exact) mass is 297 g/mol. The lowest BCUT2D eigenvalue weighted by Gasteiger charge is -2.12. The molecule has 2 aromatic heterocycles. The minimum atomic E-state index is 0.675. The lowest BCUT2D eigenvalue weighted by molar-refractivity contribution is 0.393. The number of aromatic nitrogens is 3. The zero-order chi connectivity index (χ0) is 15.3. The average molecular weight is 297 g/mol. The normalized spacial score (nSPS) is 15.1. The second-order valence-electron chi connectivity index (χ2n) is 5.92. The van der Waals surface area contributed by atoms with E-state index in [-0.39, 0.29) is 0 Å². The van der Waals surface area contributed by atoms with Crippen molar-refractivity contribution in [3.8, 4) is 11.1 Å². The standard InChI is InChI=1S/C16H19N5O/c1-9-14(10(2)22-20-9)11-7-12(17)15-13(8-11)18-16(19-15)21-5-3-4-6-21/h7-8H,3-6,17H2,1-2H3,(H,18,19). The first-order chi connectivity index (χ1) is 10.6. The van der Waals surface area contributed by atoms with Crippen LogP contribution in [0.2, 0.25) is 0 Å². The number of nitrogens with two attached hydrogens (primary N) is 1. The maximum Gasteiger partial charge on any atom is 0.203 e. The van der Waals surface area contributed by atoms with E-state index in [0.717, 1.165) is 52.7 Å². The van der Waals surface area contributed by atoms with Crippen molar-refractivity contribution < 1.29 is 4.52 Å². The maximum atomic E-state index is 6.22. The third kappa shape index (κ3) is 1.94. The molecule has 0 radical (unpaired) electrons. The summed E-state index contributed by atoms with van der Waals surface area (Å²) >= 11 is 0. The quantitative estimate of drug-likeness (QED) is 0.710. The fourth-order valence-electron chi connectivity index (χ4n) is 3.25. The number of aryl methyl sites for hydroxylation is 2. The Hall–Kier alpha value is -2.50. The van der Waals surface area contributed by atoms with Gasteiger partial charge in [0.05, 0.1) is 16.9 Å². The molecule has 114 valence electrons. The van der Waals surface area contributed by atoms with Crippen LogP contribution in [0.5, 0.6) is 0 Å². The molecule has 0 bridgehead atoms. The molecule has 1 aliphatic heterocycles.